The number of carbonyl (C=O) groups excluding carboxylic acids is 8. The number of aromatic hydroxyl groups is 3. The molecular formula is C72H88Cl2N10O23. The van der Waals surface area contributed by atoms with Crippen molar-refractivity contribution < 1.29 is 113 Å². The summed E-state index contributed by atoms with van der Waals surface area (Å²) >= 11 is 14.1. The van der Waals surface area contributed by atoms with Gasteiger partial charge in [0.1, 0.15) is 96.1 Å². The summed E-state index contributed by atoms with van der Waals surface area (Å²) in [6.07, 6.45) is -5.00. The molecule has 1 fully saturated rings. The molecule has 1 saturated heterocycles. The van der Waals surface area contributed by atoms with Gasteiger partial charge in [-0.25, -0.2) is 4.79 Å². The molecule has 0 radical (unpaired) electrons. The first-order valence-electron chi connectivity index (χ1n) is 34.7. The molecule has 33 nitrogen and oxygen atoms in total. The number of carboxylic acids is 1. The lowest BCUT2D eigenvalue weighted by molar-refractivity contribution is -0.305. The first-order valence-corrected chi connectivity index (χ1v) is 35.4. The average molecular weight is 1530 g/mol. The third-order valence-corrected chi connectivity index (χ3v) is 19.2. The molecule has 5 aromatic rings. The number of hydrogen-bond donors (Lipinski definition) is 18. The van der Waals surface area contributed by atoms with Gasteiger partial charge in [-0.1, -0.05) is 101 Å². The molecule has 11 rings (SSSR count). The number of halogens is 2. The molecule has 35 heteroatoms. The number of fused-ring (bicyclic) bond motifs is 15. The normalized spacial score (nSPS) is 24.1. The SMILES string of the molecule is CCCCCCCCCC(=O)N[C@@H]1[C@@H](O)[C@H](O)[C@@H](CO)O[C@H]1N(CCOc1c2cc3cc1Oc1ccc(cc1Cl)[C@@H](O)[C@@H](NC(=O)[C@@H](CC(C)C)NC)C(=O)N[C@@H](CC(N)=O)C(=O)N[C@H]3C(=O)N[C@H]1C(=O)N[C@H](C(=O)N[C@H](C(=O)O)c3cc(O)cc(O)c3-c3cc1ccc3O)[C@H](O)c1ccc(c(Cl)c1)O2)OC. The number of rotatable bonds is 24. The van der Waals surface area contributed by atoms with Crippen LogP contribution in [0, 0.1) is 5.92 Å². The zero-order valence-electron chi connectivity index (χ0n) is 58.9. The number of aliphatic hydroxyl groups excluding tert-OH is 5. The maximum atomic E-state index is 16.0. The number of carboxylic acid groups (broad SMARTS) is 1. The van der Waals surface area contributed by atoms with Crippen LogP contribution in [0.1, 0.15) is 143 Å². The number of unbranched alkanes of at least 4 members (excludes halogenated alkanes) is 6. The number of amides is 8. The van der Waals surface area contributed by atoms with Gasteiger partial charge in [0.25, 0.3) is 0 Å². The highest BCUT2D eigenvalue weighted by atomic mass is 35.5. The van der Waals surface area contributed by atoms with Crippen molar-refractivity contribution in [1.29, 1.82) is 0 Å². The van der Waals surface area contributed by atoms with E-state index in [4.69, 9.17) is 52.7 Å². The summed E-state index contributed by atoms with van der Waals surface area (Å²) in [6, 6.07) is -1.26. The monoisotopic (exact) mass is 1530 g/mol. The number of aliphatic hydroxyl groups is 5. The Labute approximate surface area is 623 Å². The number of nitrogens with two attached hydrogens (primary N) is 1. The Balaban J connectivity index is 1.24. The van der Waals surface area contributed by atoms with Gasteiger partial charge in [0, 0.05) is 29.2 Å². The molecule has 19 N–H and O–H groups in total. The Bertz CT molecular complexity index is 4140. The molecule has 0 aliphatic carbocycles. The highest BCUT2D eigenvalue weighted by molar-refractivity contribution is 6.32. The predicted octanol–water partition coefficient (Wildman–Crippen LogP) is 3.00. The lowest BCUT2D eigenvalue weighted by Crippen LogP contribution is -2.68. The van der Waals surface area contributed by atoms with Crippen molar-refractivity contribution in [3.05, 3.63) is 117 Å². The van der Waals surface area contributed by atoms with E-state index >= 15 is 14.4 Å². The van der Waals surface area contributed by atoms with Crippen molar-refractivity contribution in [2.75, 3.05) is 33.9 Å². The number of benzene rings is 5. The summed E-state index contributed by atoms with van der Waals surface area (Å²) in [7, 11) is 2.70. The Morgan fingerprint density at radius 3 is 1.88 bits per heavy atom. The first-order chi connectivity index (χ1) is 50.9. The fourth-order valence-electron chi connectivity index (χ4n) is 13.0. The predicted molar refractivity (Wildman–Crippen MR) is 380 cm³/mol. The summed E-state index contributed by atoms with van der Waals surface area (Å²) in [6.45, 7) is 4.02. The largest absolute Gasteiger partial charge is 0.508 e. The third-order valence-electron chi connectivity index (χ3n) is 18.6. The van der Waals surface area contributed by atoms with E-state index in [1.54, 1.807) is 0 Å². The van der Waals surface area contributed by atoms with Crippen LogP contribution in [0.3, 0.4) is 0 Å². The third kappa shape index (κ3) is 19.4. The van der Waals surface area contributed by atoms with Gasteiger partial charge in [0.05, 0.1) is 48.8 Å². The number of primary amides is 1. The molecule has 11 bridgehead atoms. The number of aliphatic carboxylic acids is 1. The van der Waals surface area contributed by atoms with Crippen LogP contribution in [0.4, 0.5) is 0 Å². The van der Waals surface area contributed by atoms with Crippen LogP contribution >= 0.6 is 23.2 Å². The molecule has 578 valence electrons. The molecular weight excluding hydrogens is 1440 g/mol. The highest BCUT2D eigenvalue weighted by Crippen LogP contribution is 2.49. The maximum Gasteiger partial charge on any atom is 0.330 e. The molecule has 107 heavy (non-hydrogen) atoms. The van der Waals surface area contributed by atoms with Gasteiger partial charge in [-0.15, -0.1) is 0 Å². The lowest BCUT2D eigenvalue weighted by Gasteiger charge is -2.45. The molecule has 6 aliphatic heterocycles. The van der Waals surface area contributed by atoms with Crippen LogP contribution in [0.5, 0.6) is 46.0 Å². The molecule has 5 aromatic carbocycles. The van der Waals surface area contributed by atoms with E-state index in [-0.39, 0.29) is 57.0 Å². The summed E-state index contributed by atoms with van der Waals surface area (Å²) < 4.78 is 26.0. The molecule has 0 unspecified atom stereocenters. The van der Waals surface area contributed by atoms with Gasteiger partial charge in [-0.05, 0) is 103 Å². The van der Waals surface area contributed by atoms with Crippen LogP contribution < -0.4 is 62.5 Å². The second-order valence-electron chi connectivity index (χ2n) is 26.7. The standard InChI is InChI=1S/C72H88Cl2N10O23/c1-6-7-8-9-10-11-12-13-52(90)78-59-63(94)62(93)50(31-85)107-71(59)84(103-5)20-21-104-64-48-26-36-27-49(64)106-47-19-16-35(25-41(47)74)61(92)58-70(100)81-56(72(101)102)39-28-37(86)29-45(88)53(39)38-23-33(14-17-44(38)87)54(67(97)83-58)80-68(98)55(36)79-66(96)43(30-51(75)89)77-69(99)57(82-65(95)42(76-4)22-32(2)3)60(91)34-15-18-46(105-48)40(73)24-34/h14-19,23-29,32,42-43,50,54-63,71,76,85-88,91-94H,6-13,20-22,30-31H2,1-5H3,(H2,75,89)(H,77,99)(H,78,90)(H,79,96)(H,80,98)(H,81,100)(H,82,95)(H,83,97)(H,101,102)/t42-,43+,50-,54-,55-,56+,57-,58+,59-,60-,61-,62-,63-,71-/m1/s1. The minimum absolute atomic E-state index is 0.0453. The van der Waals surface area contributed by atoms with E-state index in [9.17, 15) is 74.7 Å². The zero-order valence-corrected chi connectivity index (χ0v) is 60.4. The van der Waals surface area contributed by atoms with Gasteiger partial charge < -0.3 is 113 Å². The van der Waals surface area contributed by atoms with Crippen LogP contribution in [-0.2, 0) is 52.7 Å². The van der Waals surface area contributed by atoms with E-state index in [0.717, 1.165) is 92.1 Å². The van der Waals surface area contributed by atoms with E-state index in [1.807, 2.05) is 13.8 Å². The molecule has 0 aromatic heterocycles. The van der Waals surface area contributed by atoms with Crippen molar-refractivity contribution in [2.24, 2.45) is 11.7 Å². The molecule has 0 saturated carbocycles. The van der Waals surface area contributed by atoms with Gasteiger partial charge in [-0.3, -0.25) is 43.2 Å². The van der Waals surface area contributed by atoms with Crippen molar-refractivity contribution >= 4 is 76.4 Å². The van der Waals surface area contributed by atoms with Crippen molar-refractivity contribution in [1.82, 2.24) is 47.6 Å². The van der Waals surface area contributed by atoms with Crippen molar-refractivity contribution in [3.8, 4) is 57.1 Å². The van der Waals surface area contributed by atoms with Crippen molar-refractivity contribution in [3.63, 3.8) is 0 Å². The quantitative estimate of drug-likeness (QED) is 0.0312. The van der Waals surface area contributed by atoms with Crippen LogP contribution in [-0.4, -0.2) is 193 Å². The summed E-state index contributed by atoms with van der Waals surface area (Å²) in [5.74, 6) is -15.5. The average Bonchev–Trinajstić information content (AvgIpc) is 0.768. The molecule has 6 aliphatic rings. The number of phenolic OH excluding ortho intramolecular Hbond substituents is 3. The number of hydrogen-bond acceptors (Lipinski definition) is 24. The zero-order chi connectivity index (χ0) is 77.8. The summed E-state index contributed by atoms with van der Waals surface area (Å²) in [4.78, 5) is 136. The Morgan fingerprint density at radius 1 is 0.673 bits per heavy atom. The molecule has 6 heterocycles. The summed E-state index contributed by atoms with van der Waals surface area (Å²) in [5, 5.41) is 123. The van der Waals surface area contributed by atoms with Gasteiger partial charge in [-0.2, -0.15) is 5.06 Å². The number of likely N-dealkylation sites (N-methyl/N-ethyl adjacent to an activating group) is 1. The van der Waals surface area contributed by atoms with E-state index in [2.05, 4.69) is 49.5 Å². The van der Waals surface area contributed by atoms with Crippen molar-refractivity contribution in [2.45, 2.75) is 170 Å². The minimum atomic E-state index is -2.27. The minimum Gasteiger partial charge on any atom is -0.508 e. The Hall–Kier alpha value is -9.65. The van der Waals surface area contributed by atoms with Crippen LogP contribution in [0.2, 0.25) is 10.0 Å². The number of hydroxylamine groups is 2. The fourth-order valence-corrected chi connectivity index (χ4v) is 13.5. The number of nitrogens with one attached hydrogen (secondary N) is 8. The Kier molecular flexibility index (Phi) is 27.6. The smallest absolute Gasteiger partial charge is 0.330 e. The number of ether oxygens (including phenoxy) is 4. The number of carbonyl (C=O) groups is 9. The Morgan fingerprint density at radius 2 is 1.28 bits per heavy atom. The lowest BCUT2D eigenvalue weighted by atomic mass is 9.89. The number of nitrogens with zero attached hydrogens (tertiary/aromatic N) is 1. The van der Waals surface area contributed by atoms with Gasteiger partial charge in [0.2, 0.25) is 53.0 Å². The van der Waals surface area contributed by atoms with E-state index < -0.39 is 221 Å². The topological polar surface area (TPSA) is 507 Å². The second-order valence-corrected chi connectivity index (χ2v) is 27.5. The van der Waals surface area contributed by atoms with E-state index in [0.29, 0.717) is 6.42 Å². The summed E-state index contributed by atoms with van der Waals surface area (Å²) in [5.41, 5.74) is 3.16. The van der Waals surface area contributed by atoms with Crippen LogP contribution in [0.15, 0.2) is 78.9 Å². The van der Waals surface area contributed by atoms with Gasteiger partial charge >= 0.3 is 5.97 Å². The number of phenols is 3. The molecule has 8 amide bonds. The molecule has 0 spiro atoms. The van der Waals surface area contributed by atoms with E-state index in [1.165, 1.54) is 44.5 Å². The fraction of sp³-hybridized carbons (Fsp3) is 0.458. The molecule has 14 atom stereocenters. The van der Waals surface area contributed by atoms with Gasteiger partial charge in [0.15, 0.2) is 23.8 Å². The highest BCUT2D eigenvalue weighted by Gasteiger charge is 2.48. The second kappa shape index (κ2) is 36.3. The maximum absolute atomic E-state index is 16.0. The van der Waals surface area contributed by atoms with Crippen LogP contribution in [0.25, 0.3) is 11.1 Å². The first kappa shape index (κ1) is 81.4.